The molecule has 0 heterocycles. The Morgan fingerprint density at radius 3 is 2.35 bits per heavy atom. The predicted octanol–water partition coefficient (Wildman–Crippen LogP) is 3.38. The zero-order valence-electron chi connectivity index (χ0n) is 11.6. The predicted molar refractivity (Wildman–Crippen MR) is 76.7 cm³/mol. The molecule has 0 aliphatic carbocycles. The molecule has 0 aromatic heterocycles. The van der Waals surface area contributed by atoms with Crippen molar-refractivity contribution in [2.24, 2.45) is 0 Å². The number of aromatic carboxylic acids is 1. The summed E-state index contributed by atoms with van der Waals surface area (Å²) in [5.41, 5.74) is 2.92. The van der Waals surface area contributed by atoms with Gasteiger partial charge in [-0.3, -0.25) is 0 Å². The maximum absolute atomic E-state index is 11.1. The van der Waals surface area contributed by atoms with Gasteiger partial charge in [0, 0.05) is 11.6 Å². The molecule has 0 fully saturated rings. The van der Waals surface area contributed by atoms with E-state index in [1.165, 1.54) is 0 Å². The summed E-state index contributed by atoms with van der Waals surface area (Å²) in [5, 5.41) is 9.10. The standard InChI is InChI=1S/C16H16O4/c1-10-4-5-11(16(17)18)8-14(10)13-7-6-12(19-2)9-15(13)20-3/h4-9H,1-3H3,(H,17,18). The number of carboxylic acid groups (broad SMARTS) is 1. The highest BCUT2D eigenvalue weighted by Gasteiger charge is 2.12. The maximum Gasteiger partial charge on any atom is 0.335 e. The summed E-state index contributed by atoms with van der Waals surface area (Å²) < 4.78 is 10.5. The van der Waals surface area contributed by atoms with E-state index in [4.69, 9.17) is 14.6 Å². The van der Waals surface area contributed by atoms with Crippen LogP contribution in [-0.2, 0) is 0 Å². The Labute approximate surface area is 117 Å². The Kier molecular flexibility index (Phi) is 3.94. The first-order chi connectivity index (χ1) is 9.56. The Hall–Kier alpha value is -2.49. The van der Waals surface area contributed by atoms with E-state index in [9.17, 15) is 4.79 Å². The summed E-state index contributed by atoms with van der Waals surface area (Å²) in [6.07, 6.45) is 0. The van der Waals surface area contributed by atoms with Crippen molar-refractivity contribution in [1.82, 2.24) is 0 Å². The van der Waals surface area contributed by atoms with Crippen molar-refractivity contribution < 1.29 is 19.4 Å². The summed E-state index contributed by atoms with van der Waals surface area (Å²) in [4.78, 5) is 11.1. The molecule has 0 saturated carbocycles. The molecule has 0 spiro atoms. The number of aryl methyl sites for hydroxylation is 1. The summed E-state index contributed by atoms with van der Waals surface area (Å²) in [6, 6.07) is 10.5. The second kappa shape index (κ2) is 5.65. The lowest BCUT2D eigenvalue weighted by atomic mass is 9.97. The molecule has 0 unspecified atom stereocenters. The normalized spacial score (nSPS) is 10.2. The van der Waals surface area contributed by atoms with Gasteiger partial charge in [0.2, 0.25) is 0 Å². The molecule has 0 aliphatic rings. The fraction of sp³-hybridized carbons (Fsp3) is 0.188. The average molecular weight is 272 g/mol. The number of ether oxygens (including phenoxy) is 2. The van der Waals surface area contributed by atoms with Crippen molar-refractivity contribution in [3.05, 3.63) is 47.5 Å². The van der Waals surface area contributed by atoms with Gasteiger partial charge in [-0.1, -0.05) is 6.07 Å². The largest absolute Gasteiger partial charge is 0.497 e. The molecule has 20 heavy (non-hydrogen) atoms. The fourth-order valence-electron chi connectivity index (χ4n) is 2.07. The zero-order valence-corrected chi connectivity index (χ0v) is 11.6. The minimum Gasteiger partial charge on any atom is -0.497 e. The van der Waals surface area contributed by atoms with Gasteiger partial charge in [-0.15, -0.1) is 0 Å². The maximum atomic E-state index is 11.1. The zero-order chi connectivity index (χ0) is 14.7. The fourth-order valence-corrected chi connectivity index (χ4v) is 2.07. The van der Waals surface area contributed by atoms with E-state index in [1.807, 2.05) is 19.1 Å². The van der Waals surface area contributed by atoms with E-state index in [1.54, 1.807) is 38.5 Å². The van der Waals surface area contributed by atoms with Crippen LogP contribution in [0.5, 0.6) is 11.5 Å². The molecular weight excluding hydrogens is 256 g/mol. The monoisotopic (exact) mass is 272 g/mol. The van der Waals surface area contributed by atoms with Crippen molar-refractivity contribution in [2.75, 3.05) is 14.2 Å². The van der Waals surface area contributed by atoms with E-state index in [2.05, 4.69) is 0 Å². The molecule has 0 saturated heterocycles. The van der Waals surface area contributed by atoms with Crippen molar-refractivity contribution in [3.63, 3.8) is 0 Å². The molecule has 2 aromatic rings. The molecule has 0 aliphatic heterocycles. The second-order valence-corrected chi connectivity index (χ2v) is 4.40. The average Bonchev–Trinajstić information content (AvgIpc) is 2.47. The number of carboxylic acids is 1. The molecule has 2 aromatic carbocycles. The van der Waals surface area contributed by atoms with Gasteiger partial charge in [0.25, 0.3) is 0 Å². The molecular formula is C16H16O4. The third-order valence-electron chi connectivity index (χ3n) is 3.18. The van der Waals surface area contributed by atoms with Crippen LogP contribution in [-0.4, -0.2) is 25.3 Å². The van der Waals surface area contributed by atoms with E-state index in [0.29, 0.717) is 11.5 Å². The van der Waals surface area contributed by atoms with Gasteiger partial charge in [0.1, 0.15) is 11.5 Å². The SMILES string of the molecule is COc1ccc(-c2cc(C(=O)O)ccc2C)c(OC)c1. The smallest absolute Gasteiger partial charge is 0.335 e. The van der Waals surface area contributed by atoms with Gasteiger partial charge in [-0.05, 0) is 42.3 Å². The van der Waals surface area contributed by atoms with Crippen molar-refractivity contribution >= 4 is 5.97 Å². The molecule has 0 amide bonds. The van der Waals surface area contributed by atoms with Crippen LogP contribution < -0.4 is 9.47 Å². The lowest BCUT2D eigenvalue weighted by molar-refractivity contribution is 0.0697. The first kappa shape index (κ1) is 13.9. The van der Waals surface area contributed by atoms with Gasteiger partial charge in [0.15, 0.2) is 0 Å². The van der Waals surface area contributed by atoms with Gasteiger partial charge in [-0.25, -0.2) is 4.79 Å². The summed E-state index contributed by atoms with van der Waals surface area (Å²) in [7, 11) is 3.17. The van der Waals surface area contributed by atoms with Gasteiger partial charge in [-0.2, -0.15) is 0 Å². The number of methoxy groups -OCH3 is 2. The number of benzene rings is 2. The summed E-state index contributed by atoms with van der Waals surface area (Å²) >= 11 is 0. The van der Waals surface area contributed by atoms with Crippen LogP contribution in [0.3, 0.4) is 0 Å². The van der Waals surface area contributed by atoms with E-state index in [-0.39, 0.29) is 5.56 Å². The number of hydrogen-bond acceptors (Lipinski definition) is 3. The Bertz CT molecular complexity index is 647. The van der Waals surface area contributed by atoms with Crippen LogP contribution in [0.25, 0.3) is 11.1 Å². The van der Waals surface area contributed by atoms with Crippen LogP contribution in [0.15, 0.2) is 36.4 Å². The van der Waals surface area contributed by atoms with Crippen molar-refractivity contribution in [3.8, 4) is 22.6 Å². The topological polar surface area (TPSA) is 55.8 Å². The Balaban J connectivity index is 2.61. The summed E-state index contributed by atoms with van der Waals surface area (Å²) in [5.74, 6) is 0.395. The van der Waals surface area contributed by atoms with Crippen LogP contribution >= 0.6 is 0 Å². The number of carbonyl (C=O) groups is 1. The number of rotatable bonds is 4. The van der Waals surface area contributed by atoms with Crippen LogP contribution in [0.1, 0.15) is 15.9 Å². The first-order valence-electron chi connectivity index (χ1n) is 6.13. The van der Waals surface area contributed by atoms with Gasteiger partial charge < -0.3 is 14.6 Å². The van der Waals surface area contributed by atoms with E-state index >= 15 is 0 Å². The lowest BCUT2D eigenvalue weighted by Gasteiger charge is -2.13. The van der Waals surface area contributed by atoms with Crippen molar-refractivity contribution in [1.29, 1.82) is 0 Å². The number of hydrogen-bond donors (Lipinski definition) is 1. The first-order valence-corrected chi connectivity index (χ1v) is 6.13. The van der Waals surface area contributed by atoms with Crippen LogP contribution in [0.2, 0.25) is 0 Å². The minimum atomic E-state index is -0.946. The molecule has 0 bridgehead atoms. The molecule has 4 heteroatoms. The van der Waals surface area contributed by atoms with Crippen molar-refractivity contribution in [2.45, 2.75) is 6.92 Å². The third-order valence-corrected chi connectivity index (χ3v) is 3.18. The Morgan fingerprint density at radius 2 is 1.75 bits per heavy atom. The molecule has 0 atom stereocenters. The molecule has 1 N–H and O–H groups in total. The second-order valence-electron chi connectivity index (χ2n) is 4.40. The Morgan fingerprint density at radius 1 is 1.00 bits per heavy atom. The highest BCUT2D eigenvalue weighted by molar-refractivity contribution is 5.90. The molecule has 104 valence electrons. The highest BCUT2D eigenvalue weighted by Crippen LogP contribution is 2.35. The minimum absolute atomic E-state index is 0.253. The summed E-state index contributed by atoms with van der Waals surface area (Å²) in [6.45, 7) is 1.94. The van der Waals surface area contributed by atoms with Crippen LogP contribution in [0, 0.1) is 6.92 Å². The van der Waals surface area contributed by atoms with Gasteiger partial charge >= 0.3 is 5.97 Å². The third kappa shape index (κ3) is 2.59. The molecule has 0 radical (unpaired) electrons. The van der Waals surface area contributed by atoms with Gasteiger partial charge in [0.05, 0.1) is 19.8 Å². The molecule has 2 rings (SSSR count). The lowest BCUT2D eigenvalue weighted by Crippen LogP contribution is -1.98. The van der Waals surface area contributed by atoms with E-state index < -0.39 is 5.97 Å². The molecule has 4 nitrogen and oxygen atoms in total. The van der Waals surface area contributed by atoms with Crippen LogP contribution in [0.4, 0.5) is 0 Å². The highest BCUT2D eigenvalue weighted by atomic mass is 16.5. The quantitative estimate of drug-likeness (QED) is 0.927. The van der Waals surface area contributed by atoms with E-state index in [0.717, 1.165) is 16.7 Å².